The van der Waals surface area contributed by atoms with Crippen molar-refractivity contribution in [1.29, 1.82) is 0 Å². The third kappa shape index (κ3) is 5.02. The predicted octanol–water partition coefficient (Wildman–Crippen LogP) is 4.43. The van der Waals surface area contributed by atoms with Gasteiger partial charge in [0.05, 0.1) is 17.8 Å². The van der Waals surface area contributed by atoms with Crippen LogP contribution in [-0.2, 0) is 16.8 Å². The molecule has 2 amide bonds. The lowest BCUT2D eigenvalue weighted by molar-refractivity contribution is 0.0258. The fraction of sp³-hybridized carbons (Fsp3) is 0.320. The van der Waals surface area contributed by atoms with Gasteiger partial charge in [0.25, 0.3) is 5.91 Å². The lowest BCUT2D eigenvalue weighted by Crippen LogP contribution is -2.42. The smallest absolute Gasteiger partial charge is 0.411 e. The summed E-state index contributed by atoms with van der Waals surface area (Å²) in [5, 5.41) is 9.87. The highest BCUT2D eigenvalue weighted by Crippen LogP contribution is 2.41. The van der Waals surface area contributed by atoms with Gasteiger partial charge in [-0.1, -0.05) is 12.1 Å². The average Bonchev–Trinajstić information content (AvgIpc) is 3.32. The quantitative estimate of drug-likeness (QED) is 0.541. The number of benzene rings is 2. The molecule has 1 aliphatic heterocycles. The number of rotatable bonds is 6. The first-order chi connectivity index (χ1) is 16.6. The van der Waals surface area contributed by atoms with Crippen molar-refractivity contribution in [2.24, 2.45) is 0 Å². The van der Waals surface area contributed by atoms with Crippen LogP contribution in [0.15, 0.2) is 48.5 Å². The number of halogens is 2. The number of aromatic amines is 1. The molecular formula is C25H27F2N5O3. The van der Waals surface area contributed by atoms with Crippen molar-refractivity contribution in [3.63, 3.8) is 0 Å². The van der Waals surface area contributed by atoms with Gasteiger partial charge in [-0.2, -0.15) is 5.10 Å². The van der Waals surface area contributed by atoms with E-state index in [-0.39, 0.29) is 17.9 Å². The van der Waals surface area contributed by atoms with Gasteiger partial charge in [-0.05, 0) is 69.9 Å². The Bertz CT molecular complexity index is 1220. The maximum absolute atomic E-state index is 13.4. The minimum Gasteiger partial charge on any atom is -0.440 e. The van der Waals surface area contributed by atoms with Crippen LogP contribution in [0.25, 0.3) is 0 Å². The standard InChI is InChI=1S/C25H27F2N5O3/c1-25(2)21-19(22(30-29-21)28-23(33)16-7-11-18(27)12-8-16)13-32(25)24(34)35-20(14-31(3)4)15-5-9-17(26)10-6-15/h5-12,20H,13-14H2,1-4H3,(H2,28,29,30,33)/t20-/m1/s1. The molecule has 1 aliphatic rings. The first-order valence-electron chi connectivity index (χ1n) is 11.1. The fourth-order valence-corrected chi connectivity index (χ4v) is 4.10. The number of hydrogen-bond acceptors (Lipinski definition) is 5. The molecule has 2 N–H and O–H groups in total. The highest BCUT2D eigenvalue weighted by atomic mass is 19.1. The van der Waals surface area contributed by atoms with E-state index < -0.39 is 29.5 Å². The van der Waals surface area contributed by atoms with Gasteiger partial charge in [-0.25, -0.2) is 13.6 Å². The second kappa shape index (κ2) is 9.46. The first-order valence-corrected chi connectivity index (χ1v) is 11.1. The summed E-state index contributed by atoms with van der Waals surface area (Å²) in [6.07, 6.45) is -1.16. The Kier molecular flexibility index (Phi) is 6.58. The van der Waals surface area contributed by atoms with Crippen molar-refractivity contribution >= 4 is 17.8 Å². The van der Waals surface area contributed by atoms with Gasteiger partial charge in [-0.15, -0.1) is 0 Å². The van der Waals surface area contributed by atoms with Crippen LogP contribution in [0.5, 0.6) is 0 Å². The van der Waals surface area contributed by atoms with E-state index in [1.807, 2.05) is 32.8 Å². The van der Waals surface area contributed by atoms with E-state index in [4.69, 9.17) is 4.74 Å². The SMILES string of the molecule is CN(C)C[C@@H](OC(=O)N1Cc2c(NC(=O)c3ccc(F)cc3)n[nH]c2C1(C)C)c1ccc(F)cc1. The van der Waals surface area contributed by atoms with Crippen LogP contribution >= 0.6 is 0 Å². The summed E-state index contributed by atoms with van der Waals surface area (Å²) >= 11 is 0. The number of fused-ring (bicyclic) bond motifs is 1. The van der Waals surface area contributed by atoms with E-state index in [1.54, 1.807) is 17.0 Å². The molecule has 184 valence electrons. The lowest BCUT2D eigenvalue weighted by Gasteiger charge is -2.33. The molecule has 2 aromatic carbocycles. The monoisotopic (exact) mass is 483 g/mol. The largest absolute Gasteiger partial charge is 0.440 e. The fourth-order valence-electron chi connectivity index (χ4n) is 4.10. The van der Waals surface area contributed by atoms with E-state index in [9.17, 15) is 18.4 Å². The minimum atomic E-state index is -0.788. The van der Waals surface area contributed by atoms with Crippen molar-refractivity contribution < 1.29 is 23.1 Å². The lowest BCUT2D eigenvalue weighted by atomic mass is 10.0. The number of nitrogens with one attached hydrogen (secondary N) is 2. The molecule has 0 bridgehead atoms. The van der Waals surface area contributed by atoms with E-state index in [1.165, 1.54) is 36.4 Å². The highest BCUT2D eigenvalue weighted by Gasteiger charge is 2.45. The number of anilines is 1. The summed E-state index contributed by atoms with van der Waals surface area (Å²) in [5.41, 5.74) is 1.51. The van der Waals surface area contributed by atoms with Crippen LogP contribution in [0.2, 0.25) is 0 Å². The third-order valence-electron chi connectivity index (χ3n) is 6.04. The van der Waals surface area contributed by atoms with E-state index >= 15 is 0 Å². The van der Waals surface area contributed by atoms with Crippen LogP contribution in [-0.4, -0.2) is 52.6 Å². The molecule has 3 aromatic rings. The number of aromatic nitrogens is 2. The van der Waals surface area contributed by atoms with Crippen molar-refractivity contribution in [1.82, 2.24) is 20.0 Å². The van der Waals surface area contributed by atoms with Crippen LogP contribution in [0.3, 0.4) is 0 Å². The summed E-state index contributed by atoms with van der Waals surface area (Å²) in [4.78, 5) is 29.3. The zero-order chi connectivity index (χ0) is 25.3. The molecule has 35 heavy (non-hydrogen) atoms. The minimum absolute atomic E-state index is 0.162. The molecule has 0 spiro atoms. The van der Waals surface area contributed by atoms with Gasteiger partial charge in [0, 0.05) is 17.7 Å². The number of ether oxygens (including phenoxy) is 1. The molecule has 0 radical (unpaired) electrons. The number of carbonyl (C=O) groups is 2. The Morgan fingerprint density at radius 2 is 1.71 bits per heavy atom. The Morgan fingerprint density at radius 3 is 2.31 bits per heavy atom. The van der Waals surface area contributed by atoms with Gasteiger partial charge in [0.1, 0.15) is 17.7 Å². The van der Waals surface area contributed by atoms with E-state index in [0.29, 0.717) is 29.2 Å². The van der Waals surface area contributed by atoms with Crippen molar-refractivity contribution in [3.05, 3.63) is 82.5 Å². The average molecular weight is 484 g/mol. The summed E-state index contributed by atoms with van der Waals surface area (Å²) in [7, 11) is 3.72. The number of amides is 2. The number of carbonyl (C=O) groups excluding carboxylic acids is 2. The first kappa shape index (κ1) is 24.3. The summed E-state index contributed by atoms with van der Waals surface area (Å²) < 4.78 is 32.5. The van der Waals surface area contributed by atoms with Crippen molar-refractivity contribution in [2.75, 3.05) is 26.0 Å². The van der Waals surface area contributed by atoms with E-state index in [2.05, 4.69) is 15.5 Å². The van der Waals surface area contributed by atoms with Crippen molar-refractivity contribution in [2.45, 2.75) is 32.0 Å². The molecule has 1 atom stereocenters. The van der Waals surface area contributed by atoms with Crippen LogP contribution in [0.1, 0.15) is 47.1 Å². The Balaban J connectivity index is 1.52. The van der Waals surface area contributed by atoms with Gasteiger partial charge >= 0.3 is 6.09 Å². The molecule has 2 heterocycles. The maximum atomic E-state index is 13.4. The van der Waals surface area contributed by atoms with Gasteiger partial charge in [-0.3, -0.25) is 14.8 Å². The Morgan fingerprint density at radius 1 is 1.11 bits per heavy atom. The predicted molar refractivity (Wildman–Crippen MR) is 126 cm³/mol. The van der Waals surface area contributed by atoms with Gasteiger partial charge in [0.15, 0.2) is 5.82 Å². The molecule has 0 saturated carbocycles. The molecule has 8 nitrogen and oxygen atoms in total. The Hall–Kier alpha value is -3.79. The summed E-state index contributed by atoms with van der Waals surface area (Å²) in [5.74, 6) is -0.960. The molecule has 10 heteroatoms. The van der Waals surface area contributed by atoms with Crippen LogP contribution < -0.4 is 5.32 Å². The third-order valence-corrected chi connectivity index (χ3v) is 6.04. The zero-order valence-electron chi connectivity index (χ0n) is 19.9. The second-order valence-corrected chi connectivity index (χ2v) is 9.22. The van der Waals surface area contributed by atoms with Gasteiger partial charge < -0.3 is 15.0 Å². The number of hydrogen-bond donors (Lipinski definition) is 2. The number of likely N-dealkylation sites (N-methyl/N-ethyl adjacent to an activating group) is 1. The molecule has 4 rings (SSSR count). The second-order valence-electron chi connectivity index (χ2n) is 9.22. The molecule has 1 aromatic heterocycles. The summed E-state index contributed by atoms with van der Waals surface area (Å²) in [6.45, 7) is 4.28. The molecular weight excluding hydrogens is 456 g/mol. The van der Waals surface area contributed by atoms with Crippen LogP contribution in [0.4, 0.5) is 19.4 Å². The molecule has 0 unspecified atom stereocenters. The van der Waals surface area contributed by atoms with Gasteiger partial charge in [0.2, 0.25) is 0 Å². The maximum Gasteiger partial charge on any atom is 0.411 e. The van der Waals surface area contributed by atoms with E-state index in [0.717, 1.165) is 0 Å². The molecule has 0 saturated heterocycles. The normalized spacial score (nSPS) is 15.1. The van der Waals surface area contributed by atoms with Crippen molar-refractivity contribution in [3.8, 4) is 0 Å². The highest BCUT2D eigenvalue weighted by molar-refractivity contribution is 6.04. The summed E-state index contributed by atoms with van der Waals surface area (Å²) in [6, 6.07) is 11.0. The Labute approximate surface area is 201 Å². The number of nitrogens with zero attached hydrogens (tertiary/aromatic N) is 3. The zero-order valence-corrected chi connectivity index (χ0v) is 19.9. The molecule has 0 fully saturated rings. The molecule has 0 aliphatic carbocycles. The number of H-pyrrole nitrogens is 1. The topological polar surface area (TPSA) is 90.6 Å². The van der Waals surface area contributed by atoms with Crippen LogP contribution in [0, 0.1) is 11.6 Å².